The fourth-order valence-electron chi connectivity index (χ4n) is 4.06. The van der Waals surface area contributed by atoms with Crippen LogP contribution in [-0.2, 0) is 0 Å². The molecule has 0 fully saturated rings. The van der Waals surface area contributed by atoms with Crippen molar-refractivity contribution in [2.24, 2.45) is 0 Å². The molecule has 0 aliphatic heterocycles. The minimum atomic E-state index is -0.0582. The number of hydrogen-bond donors (Lipinski definition) is 2. The highest BCUT2D eigenvalue weighted by Gasteiger charge is 2.30. The minimum Gasteiger partial charge on any atom is -0.490 e. The number of carbonyl (C=O) groups excluding carboxylic acids is 1. The van der Waals surface area contributed by atoms with Crippen molar-refractivity contribution in [3.05, 3.63) is 35.4 Å². The van der Waals surface area contributed by atoms with E-state index < -0.39 is 0 Å². The van der Waals surface area contributed by atoms with Crippen molar-refractivity contribution in [2.45, 2.75) is 27.7 Å². The van der Waals surface area contributed by atoms with Crippen molar-refractivity contribution >= 4 is 17.2 Å². The summed E-state index contributed by atoms with van der Waals surface area (Å²) in [5.74, 6) is 1.03. The number of ketones is 1. The normalized spacial score (nSPS) is 12.4. The Hall–Kier alpha value is -2.77. The maximum absolute atomic E-state index is 13.2. The quantitative estimate of drug-likeness (QED) is 0.416. The van der Waals surface area contributed by atoms with E-state index in [0.29, 0.717) is 47.2 Å². The van der Waals surface area contributed by atoms with Crippen LogP contribution in [0.2, 0.25) is 0 Å². The Balaban J connectivity index is 1.77. The number of nitrogens with zero attached hydrogens (tertiary/aromatic N) is 2. The van der Waals surface area contributed by atoms with Gasteiger partial charge in [0.2, 0.25) is 0 Å². The second-order valence-electron chi connectivity index (χ2n) is 7.95. The van der Waals surface area contributed by atoms with Crippen LogP contribution in [0.25, 0.3) is 11.1 Å². The van der Waals surface area contributed by atoms with Gasteiger partial charge in [0, 0.05) is 24.2 Å². The summed E-state index contributed by atoms with van der Waals surface area (Å²) < 4.78 is 11.8. The van der Waals surface area contributed by atoms with Gasteiger partial charge in [-0.2, -0.15) is 0 Å². The van der Waals surface area contributed by atoms with Gasteiger partial charge in [-0.15, -0.1) is 0 Å². The third-order valence-electron chi connectivity index (χ3n) is 6.20. The van der Waals surface area contributed by atoms with E-state index in [1.165, 1.54) is 0 Å². The van der Waals surface area contributed by atoms with Crippen molar-refractivity contribution in [1.82, 2.24) is 9.80 Å². The standard InChI is InChI=1S/C25H36N4O3/c1-5-28(6-2)9-11-31-23-15-19-17(13-21(23)26)18-14-22(27)24(16-20(18)25(19)30)32-12-10-29(7-3)8-4/h13-16H,5-12,26-27H2,1-4H3. The topological polar surface area (TPSA) is 94.1 Å². The SMILES string of the molecule is CCN(CC)CCOc1cc2c(cc1N)-c1cc(N)c(OCCN(CC)CC)cc1C2=O. The van der Waals surface area contributed by atoms with E-state index in [2.05, 4.69) is 37.5 Å². The molecule has 7 nitrogen and oxygen atoms in total. The first-order chi connectivity index (χ1) is 15.4. The zero-order valence-electron chi connectivity index (χ0n) is 19.7. The molecular weight excluding hydrogens is 404 g/mol. The van der Waals surface area contributed by atoms with Gasteiger partial charge in [-0.3, -0.25) is 4.79 Å². The number of nitrogens with two attached hydrogens (primary N) is 2. The number of benzene rings is 2. The number of likely N-dealkylation sites (N-methyl/N-ethyl adjacent to an activating group) is 2. The zero-order valence-corrected chi connectivity index (χ0v) is 19.7. The lowest BCUT2D eigenvalue weighted by atomic mass is 10.0. The fraction of sp³-hybridized carbons (Fsp3) is 0.480. The van der Waals surface area contributed by atoms with Crippen molar-refractivity contribution in [2.75, 3.05) is 63.9 Å². The van der Waals surface area contributed by atoms with E-state index in [4.69, 9.17) is 20.9 Å². The van der Waals surface area contributed by atoms with Crippen LogP contribution in [0.1, 0.15) is 43.6 Å². The smallest absolute Gasteiger partial charge is 0.194 e. The molecule has 4 N–H and O–H groups in total. The molecule has 0 bridgehead atoms. The molecule has 0 spiro atoms. The van der Waals surface area contributed by atoms with Crippen LogP contribution in [0.3, 0.4) is 0 Å². The van der Waals surface area contributed by atoms with Crippen LogP contribution < -0.4 is 20.9 Å². The van der Waals surface area contributed by atoms with Gasteiger partial charge in [-0.25, -0.2) is 0 Å². The van der Waals surface area contributed by atoms with Crippen molar-refractivity contribution < 1.29 is 14.3 Å². The van der Waals surface area contributed by atoms with Crippen LogP contribution >= 0.6 is 0 Å². The third-order valence-corrected chi connectivity index (χ3v) is 6.20. The first-order valence-electron chi connectivity index (χ1n) is 11.6. The Morgan fingerprint density at radius 1 is 0.656 bits per heavy atom. The van der Waals surface area contributed by atoms with Gasteiger partial charge in [0.15, 0.2) is 5.78 Å². The van der Waals surface area contributed by atoms with Crippen LogP contribution in [0.4, 0.5) is 11.4 Å². The molecule has 3 rings (SSSR count). The molecule has 0 heterocycles. The summed E-state index contributed by atoms with van der Waals surface area (Å²) in [4.78, 5) is 17.7. The van der Waals surface area contributed by atoms with E-state index in [1.807, 2.05) is 12.1 Å². The summed E-state index contributed by atoms with van der Waals surface area (Å²) in [6.45, 7) is 15.0. The summed E-state index contributed by atoms with van der Waals surface area (Å²) in [7, 11) is 0. The Morgan fingerprint density at radius 2 is 1.03 bits per heavy atom. The maximum Gasteiger partial charge on any atom is 0.194 e. The van der Waals surface area contributed by atoms with Gasteiger partial charge in [-0.05, 0) is 61.6 Å². The second kappa shape index (κ2) is 10.7. The molecule has 0 radical (unpaired) electrons. The van der Waals surface area contributed by atoms with Crippen molar-refractivity contribution in [1.29, 1.82) is 0 Å². The molecule has 0 amide bonds. The highest BCUT2D eigenvalue weighted by Crippen LogP contribution is 2.44. The first kappa shape index (κ1) is 23.9. The summed E-state index contributed by atoms with van der Waals surface area (Å²) in [5.41, 5.74) is 16.3. The first-order valence-corrected chi connectivity index (χ1v) is 11.6. The third kappa shape index (κ3) is 5.00. The van der Waals surface area contributed by atoms with Crippen molar-refractivity contribution in [3.8, 4) is 22.6 Å². The fourth-order valence-corrected chi connectivity index (χ4v) is 4.06. The summed E-state index contributed by atoms with van der Waals surface area (Å²) >= 11 is 0. The Morgan fingerprint density at radius 3 is 1.38 bits per heavy atom. The number of nitrogen functional groups attached to an aromatic ring is 2. The molecule has 2 aromatic carbocycles. The molecule has 7 heteroatoms. The highest BCUT2D eigenvalue weighted by atomic mass is 16.5. The molecule has 2 aromatic rings. The Bertz CT molecular complexity index is 877. The van der Waals surface area contributed by atoms with E-state index in [0.717, 1.165) is 50.4 Å². The van der Waals surface area contributed by atoms with Crippen LogP contribution in [0, 0.1) is 0 Å². The van der Waals surface area contributed by atoms with E-state index in [9.17, 15) is 4.79 Å². The molecule has 0 saturated carbocycles. The zero-order chi connectivity index (χ0) is 23.3. The predicted octanol–water partition coefficient (Wildman–Crippen LogP) is 3.50. The molecular formula is C25H36N4O3. The average molecular weight is 441 g/mol. The van der Waals surface area contributed by atoms with Gasteiger partial charge < -0.3 is 30.7 Å². The van der Waals surface area contributed by atoms with Gasteiger partial charge in [0.05, 0.1) is 11.4 Å². The second-order valence-corrected chi connectivity index (χ2v) is 7.95. The summed E-state index contributed by atoms with van der Waals surface area (Å²) in [5, 5.41) is 0. The molecule has 0 atom stereocenters. The number of fused-ring (bicyclic) bond motifs is 3. The predicted molar refractivity (Wildman–Crippen MR) is 131 cm³/mol. The maximum atomic E-state index is 13.2. The van der Waals surface area contributed by atoms with E-state index in [-0.39, 0.29) is 5.78 Å². The number of hydrogen-bond acceptors (Lipinski definition) is 7. The van der Waals surface area contributed by atoms with Gasteiger partial charge in [-0.1, -0.05) is 27.7 Å². The molecule has 1 aliphatic carbocycles. The Labute approximate surface area is 191 Å². The molecule has 32 heavy (non-hydrogen) atoms. The molecule has 1 aliphatic rings. The summed E-state index contributed by atoms with van der Waals surface area (Å²) in [6, 6.07) is 7.14. The summed E-state index contributed by atoms with van der Waals surface area (Å²) in [6.07, 6.45) is 0. The van der Waals surface area contributed by atoms with Crippen LogP contribution in [0.5, 0.6) is 11.5 Å². The number of carbonyl (C=O) groups is 1. The molecule has 0 saturated heterocycles. The largest absolute Gasteiger partial charge is 0.490 e. The lowest BCUT2D eigenvalue weighted by Crippen LogP contribution is -2.28. The number of ether oxygens (including phenoxy) is 2. The van der Waals surface area contributed by atoms with Gasteiger partial charge in [0.25, 0.3) is 0 Å². The lowest BCUT2D eigenvalue weighted by molar-refractivity contribution is 0.104. The van der Waals surface area contributed by atoms with Crippen molar-refractivity contribution in [3.63, 3.8) is 0 Å². The lowest BCUT2D eigenvalue weighted by Gasteiger charge is -2.19. The van der Waals surface area contributed by atoms with Crippen LogP contribution in [-0.4, -0.2) is 68.1 Å². The molecule has 0 unspecified atom stereocenters. The van der Waals surface area contributed by atoms with Gasteiger partial charge in [0.1, 0.15) is 24.7 Å². The monoisotopic (exact) mass is 440 g/mol. The van der Waals surface area contributed by atoms with Gasteiger partial charge >= 0.3 is 0 Å². The van der Waals surface area contributed by atoms with Crippen LogP contribution in [0.15, 0.2) is 24.3 Å². The highest BCUT2D eigenvalue weighted by molar-refractivity contribution is 6.22. The number of anilines is 2. The van der Waals surface area contributed by atoms with E-state index >= 15 is 0 Å². The number of rotatable bonds is 12. The Kier molecular flexibility index (Phi) is 7.99. The molecule has 0 aromatic heterocycles. The average Bonchev–Trinajstić information content (AvgIpc) is 3.04. The minimum absolute atomic E-state index is 0.0582. The molecule has 174 valence electrons. The van der Waals surface area contributed by atoms with E-state index in [1.54, 1.807) is 12.1 Å².